The van der Waals surface area contributed by atoms with E-state index in [1.165, 1.54) is 0 Å². The van der Waals surface area contributed by atoms with Gasteiger partial charge in [0.15, 0.2) is 0 Å². The predicted octanol–water partition coefficient (Wildman–Crippen LogP) is 2.82. The molecule has 0 N–H and O–H groups in total. The fourth-order valence-corrected chi connectivity index (χ4v) is 2.56. The summed E-state index contributed by atoms with van der Waals surface area (Å²) in [6, 6.07) is -0.336. The number of likely N-dealkylation sites (N-methyl/N-ethyl adjacent to an activating group) is 1. The van der Waals surface area contributed by atoms with Crippen LogP contribution in [0.3, 0.4) is 0 Å². The Morgan fingerprint density at radius 2 is 1.93 bits per heavy atom. The Morgan fingerprint density at radius 3 is 2.27 bits per heavy atom. The summed E-state index contributed by atoms with van der Waals surface area (Å²) in [6.07, 6.45) is 0. The normalized spacial score (nSPS) is 12.7. The Kier molecular flexibility index (Phi) is 4.37. The van der Waals surface area contributed by atoms with Crippen molar-refractivity contribution in [2.24, 2.45) is 0 Å². The number of halogens is 3. The maximum absolute atomic E-state index is 11.7. The number of nitrogens with zero attached hydrogens (tertiary/aromatic N) is 3. The van der Waals surface area contributed by atoms with Gasteiger partial charge in [0.05, 0.1) is 4.47 Å². The van der Waals surface area contributed by atoms with Crippen molar-refractivity contribution < 1.29 is 4.79 Å². The van der Waals surface area contributed by atoms with Gasteiger partial charge in [0, 0.05) is 14.1 Å². The van der Waals surface area contributed by atoms with Gasteiger partial charge in [0.2, 0.25) is 5.91 Å². The third-order valence-corrected chi connectivity index (χ3v) is 5.05. The first-order valence-electron chi connectivity index (χ1n) is 4.16. The minimum atomic E-state index is -0.336. The van der Waals surface area contributed by atoms with E-state index in [1.807, 2.05) is 0 Å². The summed E-state index contributed by atoms with van der Waals surface area (Å²) in [5, 5.41) is 4.21. The monoisotopic (exact) mass is 401 g/mol. The molecule has 15 heavy (non-hydrogen) atoms. The number of aromatic nitrogens is 2. The van der Waals surface area contributed by atoms with Crippen LogP contribution in [0, 0.1) is 0 Å². The Morgan fingerprint density at radius 1 is 1.40 bits per heavy atom. The van der Waals surface area contributed by atoms with Crippen LogP contribution in [-0.4, -0.2) is 34.7 Å². The number of rotatable bonds is 2. The lowest BCUT2D eigenvalue weighted by atomic mass is 10.3. The van der Waals surface area contributed by atoms with Gasteiger partial charge in [-0.1, -0.05) is 0 Å². The summed E-state index contributed by atoms with van der Waals surface area (Å²) in [4.78, 5) is 13.3. The van der Waals surface area contributed by atoms with Gasteiger partial charge in [-0.15, -0.1) is 0 Å². The largest absolute Gasteiger partial charge is 0.347 e. The average Bonchev–Trinajstić information content (AvgIpc) is 2.43. The van der Waals surface area contributed by atoms with Crippen LogP contribution in [0.4, 0.5) is 0 Å². The fourth-order valence-electron chi connectivity index (χ4n) is 1.10. The van der Waals surface area contributed by atoms with Gasteiger partial charge in [-0.2, -0.15) is 5.10 Å². The van der Waals surface area contributed by atoms with Crippen LogP contribution in [0.15, 0.2) is 13.7 Å². The van der Waals surface area contributed by atoms with E-state index in [0.29, 0.717) is 4.60 Å². The Bertz CT molecular complexity index is 389. The zero-order chi connectivity index (χ0) is 11.7. The van der Waals surface area contributed by atoms with E-state index in [0.717, 1.165) is 9.08 Å². The first-order valence-corrected chi connectivity index (χ1v) is 6.54. The molecule has 0 bridgehead atoms. The van der Waals surface area contributed by atoms with Gasteiger partial charge in [-0.3, -0.25) is 4.79 Å². The number of carbonyl (C=O) groups is 1. The van der Waals surface area contributed by atoms with Crippen molar-refractivity contribution in [2.45, 2.75) is 13.0 Å². The van der Waals surface area contributed by atoms with Gasteiger partial charge in [-0.05, 0) is 54.7 Å². The van der Waals surface area contributed by atoms with Gasteiger partial charge < -0.3 is 4.90 Å². The average molecular weight is 404 g/mol. The van der Waals surface area contributed by atoms with Crippen molar-refractivity contribution in [3.05, 3.63) is 13.7 Å². The molecule has 0 aliphatic rings. The van der Waals surface area contributed by atoms with Crippen molar-refractivity contribution in [1.29, 1.82) is 0 Å². The molecule has 0 saturated heterocycles. The lowest BCUT2D eigenvalue weighted by molar-refractivity contribution is -0.132. The van der Waals surface area contributed by atoms with Crippen molar-refractivity contribution in [3.8, 4) is 0 Å². The van der Waals surface area contributed by atoms with Crippen LogP contribution in [0.5, 0.6) is 0 Å². The van der Waals surface area contributed by atoms with E-state index in [1.54, 1.807) is 30.6 Å². The topological polar surface area (TPSA) is 38.1 Å². The number of hydrogen-bond acceptors (Lipinski definition) is 2. The van der Waals surface area contributed by atoms with Crippen LogP contribution in [0.2, 0.25) is 0 Å². The predicted molar refractivity (Wildman–Crippen MR) is 68.7 cm³/mol. The maximum atomic E-state index is 11.7. The van der Waals surface area contributed by atoms with Crippen molar-refractivity contribution in [2.75, 3.05) is 14.1 Å². The first kappa shape index (κ1) is 13.2. The highest BCUT2D eigenvalue weighted by Crippen LogP contribution is 2.32. The molecule has 0 spiro atoms. The van der Waals surface area contributed by atoms with E-state index in [2.05, 4.69) is 52.9 Å². The highest BCUT2D eigenvalue weighted by atomic mass is 79.9. The molecule has 1 unspecified atom stereocenters. The highest BCUT2D eigenvalue weighted by molar-refractivity contribution is 9.14. The zero-order valence-electron chi connectivity index (χ0n) is 8.46. The molecular weight excluding hydrogens is 394 g/mol. The molecule has 0 radical (unpaired) electrons. The Hall–Kier alpha value is 0.120. The molecule has 7 heteroatoms. The summed E-state index contributed by atoms with van der Waals surface area (Å²) >= 11 is 10.0. The van der Waals surface area contributed by atoms with E-state index in [4.69, 9.17) is 0 Å². The van der Waals surface area contributed by atoms with Crippen molar-refractivity contribution >= 4 is 53.7 Å². The van der Waals surface area contributed by atoms with E-state index >= 15 is 0 Å². The minimum absolute atomic E-state index is 0.00167. The third-order valence-electron chi connectivity index (χ3n) is 1.92. The molecule has 0 aromatic carbocycles. The number of amides is 1. The molecule has 84 valence electrons. The van der Waals surface area contributed by atoms with Gasteiger partial charge in [0.1, 0.15) is 15.2 Å². The standard InChI is InChI=1S/C8H10Br3N3O/c1-4(8(15)13(2)3)14-7(11)5(9)6(10)12-14/h4H,1-3H3. The van der Waals surface area contributed by atoms with Gasteiger partial charge >= 0.3 is 0 Å². The lowest BCUT2D eigenvalue weighted by Gasteiger charge is -2.17. The third kappa shape index (κ3) is 2.62. The molecule has 0 saturated carbocycles. The molecule has 1 rings (SSSR count). The number of carbonyl (C=O) groups excluding carboxylic acids is 1. The van der Waals surface area contributed by atoms with Gasteiger partial charge in [0.25, 0.3) is 0 Å². The molecule has 1 aromatic heterocycles. The molecule has 1 heterocycles. The van der Waals surface area contributed by atoms with E-state index < -0.39 is 0 Å². The second-order valence-electron chi connectivity index (χ2n) is 3.25. The zero-order valence-corrected chi connectivity index (χ0v) is 13.2. The molecule has 1 atom stereocenters. The smallest absolute Gasteiger partial charge is 0.246 e. The molecule has 1 aromatic rings. The Balaban J connectivity index is 3.06. The van der Waals surface area contributed by atoms with Crippen LogP contribution >= 0.6 is 47.8 Å². The molecule has 0 aliphatic heterocycles. The van der Waals surface area contributed by atoms with Gasteiger partial charge in [-0.25, -0.2) is 4.68 Å². The summed E-state index contributed by atoms with van der Waals surface area (Å²) in [6.45, 7) is 1.80. The summed E-state index contributed by atoms with van der Waals surface area (Å²) in [7, 11) is 3.45. The van der Waals surface area contributed by atoms with Crippen molar-refractivity contribution in [3.63, 3.8) is 0 Å². The van der Waals surface area contributed by atoms with Crippen LogP contribution in [0.1, 0.15) is 13.0 Å². The van der Waals surface area contributed by atoms with E-state index in [-0.39, 0.29) is 11.9 Å². The summed E-state index contributed by atoms with van der Waals surface area (Å²) in [5.41, 5.74) is 0. The maximum Gasteiger partial charge on any atom is 0.246 e. The SMILES string of the molecule is CC(C(=O)N(C)C)n1nc(Br)c(Br)c1Br. The quantitative estimate of drug-likeness (QED) is 0.761. The molecular formula is C8H10Br3N3O. The summed E-state index contributed by atoms with van der Waals surface area (Å²) in [5.74, 6) is -0.00167. The molecule has 4 nitrogen and oxygen atoms in total. The minimum Gasteiger partial charge on any atom is -0.347 e. The van der Waals surface area contributed by atoms with Crippen LogP contribution < -0.4 is 0 Å². The molecule has 1 amide bonds. The summed E-state index contributed by atoms with van der Waals surface area (Å²) < 4.78 is 3.85. The lowest BCUT2D eigenvalue weighted by Crippen LogP contribution is -2.30. The number of hydrogen-bond donors (Lipinski definition) is 0. The van der Waals surface area contributed by atoms with E-state index in [9.17, 15) is 4.79 Å². The fraction of sp³-hybridized carbons (Fsp3) is 0.500. The highest BCUT2D eigenvalue weighted by Gasteiger charge is 2.22. The van der Waals surface area contributed by atoms with Crippen LogP contribution in [-0.2, 0) is 4.79 Å². The Labute approximate surface area is 113 Å². The second-order valence-corrected chi connectivity index (χ2v) is 5.54. The second kappa shape index (κ2) is 4.97. The molecule has 0 aliphatic carbocycles. The molecule has 0 fully saturated rings. The van der Waals surface area contributed by atoms with Crippen molar-refractivity contribution in [1.82, 2.24) is 14.7 Å². The van der Waals surface area contributed by atoms with Crippen LogP contribution in [0.25, 0.3) is 0 Å². The first-order chi connectivity index (χ1) is 6.86.